The van der Waals surface area contributed by atoms with Crippen LogP contribution in [0.2, 0.25) is 0 Å². The zero-order valence-corrected chi connectivity index (χ0v) is 14.7. The largest absolute Gasteiger partial charge is 0.422 e. The first kappa shape index (κ1) is 17.1. The molecule has 0 aliphatic heterocycles. The molecule has 3 aromatic rings. The van der Waals surface area contributed by atoms with Gasteiger partial charge in [-0.1, -0.05) is 36.4 Å². The quantitative estimate of drug-likeness (QED) is 0.532. The maximum atomic E-state index is 12.4. The van der Waals surface area contributed by atoms with Crippen LogP contribution in [0.5, 0.6) is 5.75 Å². The molecule has 25 heavy (non-hydrogen) atoms. The monoisotopic (exact) mass is 355 g/mol. The molecule has 128 valence electrons. The van der Waals surface area contributed by atoms with Gasteiger partial charge in [-0.3, -0.25) is 0 Å². The summed E-state index contributed by atoms with van der Waals surface area (Å²) in [7, 11) is -0.613. The fraction of sp³-hybridized carbons (Fsp3) is 0.105. The Kier molecular flexibility index (Phi) is 4.57. The number of benzene rings is 3. The number of sulfonamides is 1. The summed E-state index contributed by atoms with van der Waals surface area (Å²) in [5, 5.41) is 1.81. The fourth-order valence-electron chi connectivity index (χ4n) is 2.42. The van der Waals surface area contributed by atoms with E-state index in [0.717, 1.165) is 15.1 Å². The first-order chi connectivity index (χ1) is 11.9. The Labute approximate surface area is 146 Å². The molecule has 0 spiro atoms. The van der Waals surface area contributed by atoms with Gasteiger partial charge in [0.15, 0.2) is 0 Å². The molecule has 0 N–H and O–H groups in total. The van der Waals surface area contributed by atoms with Crippen molar-refractivity contribution in [1.82, 2.24) is 4.31 Å². The van der Waals surface area contributed by atoms with Crippen LogP contribution in [0.15, 0.2) is 71.6 Å². The van der Waals surface area contributed by atoms with Crippen LogP contribution in [0.4, 0.5) is 0 Å². The van der Waals surface area contributed by atoms with Crippen LogP contribution in [-0.4, -0.2) is 32.8 Å². The molecule has 0 saturated carbocycles. The summed E-state index contributed by atoms with van der Waals surface area (Å²) in [5.41, 5.74) is 0.283. The van der Waals surface area contributed by atoms with Crippen molar-refractivity contribution in [2.45, 2.75) is 4.90 Å². The predicted molar refractivity (Wildman–Crippen MR) is 96.2 cm³/mol. The normalized spacial score (nSPS) is 11.6. The van der Waals surface area contributed by atoms with Crippen LogP contribution >= 0.6 is 0 Å². The van der Waals surface area contributed by atoms with E-state index in [1.165, 1.54) is 38.4 Å². The lowest BCUT2D eigenvalue weighted by molar-refractivity contribution is 0.0737. The Morgan fingerprint density at radius 3 is 2.20 bits per heavy atom. The van der Waals surface area contributed by atoms with E-state index < -0.39 is 16.0 Å². The molecule has 0 atom stereocenters. The second-order valence-electron chi connectivity index (χ2n) is 5.68. The van der Waals surface area contributed by atoms with Crippen LogP contribution in [0.3, 0.4) is 0 Å². The molecule has 5 nitrogen and oxygen atoms in total. The van der Waals surface area contributed by atoms with Crippen molar-refractivity contribution in [2.75, 3.05) is 14.1 Å². The van der Waals surface area contributed by atoms with Gasteiger partial charge in [-0.25, -0.2) is 17.5 Å². The number of nitrogens with zero attached hydrogens (tertiary/aromatic N) is 1. The zero-order chi connectivity index (χ0) is 18.0. The van der Waals surface area contributed by atoms with E-state index in [1.807, 2.05) is 36.4 Å². The summed E-state index contributed by atoms with van der Waals surface area (Å²) in [5.74, 6) is -0.0711. The van der Waals surface area contributed by atoms with Crippen LogP contribution in [0, 0.1) is 0 Å². The third-order valence-electron chi connectivity index (χ3n) is 3.82. The Balaban J connectivity index is 1.87. The molecule has 6 heteroatoms. The molecular weight excluding hydrogens is 338 g/mol. The standard InChI is InChI=1S/C19H17NO4S/c1-20(2)25(22,23)16-12-10-15(11-13-16)19(21)24-18-9-5-7-14-6-3-4-8-17(14)18/h3-13H,1-2H3. The van der Waals surface area contributed by atoms with Gasteiger partial charge in [-0.05, 0) is 35.7 Å². The second kappa shape index (κ2) is 6.66. The first-order valence-corrected chi connectivity index (χ1v) is 9.06. The maximum Gasteiger partial charge on any atom is 0.343 e. The molecular formula is C19H17NO4S. The van der Waals surface area contributed by atoms with Crippen LogP contribution < -0.4 is 4.74 Å². The van der Waals surface area contributed by atoms with Gasteiger partial charge in [0.2, 0.25) is 10.0 Å². The molecule has 0 aromatic heterocycles. The number of carbonyl (C=O) groups excluding carboxylic acids is 1. The number of hydrogen-bond acceptors (Lipinski definition) is 4. The average Bonchev–Trinajstić information content (AvgIpc) is 2.62. The van der Waals surface area contributed by atoms with Crippen molar-refractivity contribution in [2.24, 2.45) is 0 Å². The second-order valence-corrected chi connectivity index (χ2v) is 7.83. The van der Waals surface area contributed by atoms with Crippen molar-refractivity contribution >= 4 is 26.8 Å². The summed E-state index contributed by atoms with van der Waals surface area (Å²) in [6.07, 6.45) is 0. The van der Waals surface area contributed by atoms with Gasteiger partial charge in [-0.2, -0.15) is 0 Å². The van der Waals surface area contributed by atoms with Crippen LogP contribution in [0.25, 0.3) is 10.8 Å². The third kappa shape index (κ3) is 3.40. The summed E-state index contributed by atoms with van der Waals surface area (Å²) in [4.78, 5) is 12.5. The Bertz CT molecular complexity index is 1020. The van der Waals surface area contributed by atoms with E-state index in [9.17, 15) is 13.2 Å². The van der Waals surface area contributed by atoms with Gasteiger partial charge in [0.25, 0.3) is 0 Å². The maximum absolute atomic E-state index is 12.4. The minimum absolute atomic E-state index is 0.124. The van der Waals surface area contributed by atoms with Gasteiger partial charge >= 0.3 is 5.97 Å². The molecule has 3 aromatic carbocycles. The molecule has 0 radical (unpaired) electrons. The molecule has 0 aliphatic rings. The topological polar surface area (TPSA) is 63.7 Å². The van der Waals surface area contributed by atoms with Crippen molar-refractivity contribution in [3.05, 3.63) is 72.3 Å². The van der Waals surface area contributed by atoms with E-state index in [0.29, 0.717) is 5.75 Å². The van der Waals surface area contributed by atoms with E-state index in [2.05, 4.69) is 0 Å². The summed E-state index contributed by atoms with van der Waals surface area (Å²) in [6.45, 7) is 0. The predicted octanol–water partition coefficient (Wildman–Crippen LogP) is 3.31. The van der Waals surface area contributed by atoms with Crippen molar-refractivity contribution in [1.29, 1.82) is 0 Å². The van der Waals surface area contributed by atoms with Crippen LogP contribution in [-0.2, 0) is 10.0 Å². The van der Waals surface area contributed by atoms with Crippen molar-refractivity contribution in [3.63, 3.8) is 0 Å². The molecule has 0 fully saturated rings. The number of ether oxygens (including phenoxy) is 1. The third-order valence-corrected chi connectivity index (χ3v) is 5.65. The van der Waals surface area contributed by atoms with Gasteiger partial charge in [0, 0.05) is 19.5 Å². The molecule has 0 bridgehead atoms. The highest BCUT2D eigenvalue weighted by Gasteiger charge is 2.18. The van der Waals surface area contributed by atoms with Gasteiger partial charge < -0.3 is 4.74 Å². The highest BCUT2D eigenvalue weighted by molar-refractivity contribution is 7.89. The molecule has 3 rings (SSSR count). The number of hydrogen-bond donors (Lipinski definition) is 0. The lowest BCUT2D eigenvalue weighted by Gasteiger charge is -2.12. The fourth-order valence-corrected chi connectivity index (χ4v) is 3.32. The zero-order valence-electron chi connectivity index (χ0n) is 13.8. The highest BCUT2D eigenvalue weighted by Crippen LogP contribution is 2.26. The average molecular weight is 355 g/mol. The van der Waals surface area contributed by atoms with Crippen molar-refractivity contribution < 1.29 is 17.9 Å². The van der Waals surface area contributed by atoms with Gasteiger partial charge in [0.05, 0.1) is 10.5 Å². The van der Waals surface area contributed by atoms with E-state index >= 15 is 0 Å². The van der Waals surface area contributed by atoms with Gasteiger partial charge in [0.1, 0.15) is 5.75 Å². The molecule has 0 amide bonds. The molecule has 0 unspecified atom stereocenters. The Hall–Kier alpha value is -2.70. The SMILES string of the molecule is CN(C)S(=O)(=O)c1ccc(C(=O)Oc2cccc3ccccc23)cc1. The Morgan fingerprint density at radius 2 is 1.52 bits per heavy atom. The smallest absolute Gasteiger partial charge is 0.343 e. The summed E-state index contributed by atoms with van der Waals surface area (Å²) in [6, 6.07) is 18.8. The molecule has 0 aliphatic carbocycles. The minimum atomic E-state index is -3.53. The number of carbonyl (C=O) groups is 1. The number of fused-ring (bicyclic) bond motifs is 1. The molecule has 0 heterocycles. The van der Waals surface area contributed by atoms with E-state index in [4.69, 9.17) is 4.74 Å². The van der Waals surface area contributed by atoms with E-state index in [1.54, 1.807) is 6.07 Å². The van der Waals surface area contributed by atoms with Crippen molar-refractivity contribution in [3.8, 4) is 5.75 Å². The highest BCUT2D eigenvalue weighted by atomic mass is 32.2. The number of esters is 1. The minimum Gasteiger partial charge on any atom is -0.422 e. The first-order valence-electron chi connectivity index (χ1n) is 7.62. The van der Waals surface area contributed by atoms with Crippen LogP contribution in [0.1, 0.15) is 10.4 Å². The van der Waals surface area contributed by atoms with E-state index in [-0.39, 0.29) is 10.5 Å². The lowest BCUT2D eigenvalue weighted by Crippen LogP contribution is -2.22. The lowest BCUT2D eigenvalue weighted by atomic mass is 10.1. The Morgan fingerprint density at radius 1 is 0.880 bits per heavy atom. The summed E-state index contributed by atoms with van der Waals surface area (Å²) < 4.78 is 30.7. The molecule has 0 saturated heterocycles. The number of rotatable bonds is 4. The van der Waals surface area contributed by atoms with Gasteiger partial charge in [-0.15, -0.1) is 0 Å². The summed E-state index contributed by atoms with van der Waals surface area (Å²) >= 11 is 0.